The molecule has 0 bridgehead atoms. The van der Waals surface area contributed by atoms with E-state index in [2.05, 4.69) is 20.0 Å². The largest absolute Gasteiger partial charge is 0.490 e. The first kappa shape index (κ1) is 21.1. The average Bonchev–Trinajstić information content (AvgIpc) is 3.25. The number of sulfonamides is 1. The highest BCUT2D eigenvalue weighted by Crippen LogP contribution is 2.30. The maximum atomic E-state index is 11.5. The molecular formula is C22H24N4O4S. The van der Waals surface area contributed by atoms with Crippen LogP contribution in [-0.4, -0.2) is 44.0 Å². The third-order valence-electron chi connectivity index (χ3n) is 4.72. The van der Waals surface area contributed by atoms with Crippen molar-refractivity contribution in [3.05, 3.63) is 60.9 Å². The predicted molar refractivity (Wildman–Crippen MR) is 120 cm³/mol. The third kappa shape index (κ3) is 5.93. The Labute approximate surface area is 181 Å². The molecule has 1 fully saturated rings. The fourth-order valence-electron chi connectivity index (χ4n) is 3.36. The number of nitrogens with zero attached hydrogens (tertiary/aromatic N) is 2. The number of ether oxygens (including phenoxy) is 2. The number of hydrogen-bond acceptors (Lipinski definition) is 7. The molecule has 2 N–H and O–H groups in total. The van der Waals surface area contributed by atoms with Crippen molar-refractivity contribution in [1.29, 1.82) is 0 Å². The fraction of sp³-hybridized carbons (Fsp3) is 0.273. The summed E-state index contributed by atoms with van der Waals surface area (Å²) in [5.74, 6) is 1.32. The summed E-state index contributed by atoms with van der Waals surface area (Å²) in [6.07, 6.45) is 4.80. The summed E-state index contributed by atoms with van der Waals surface area (Å²) >= 11 is 0. The lowest BCUT2D eigenvalue weighted by atomic mass is 10.1. The number of nitrogens with one attached hydrogen (secondary N) is 2. The van der Waals surface area contributed by atoms with Gasteiger partial charge in [0.15, 0.2) is 0 Å². The van der Waals surface area contributed by atoms with Gasteiger partial charge in [0.2, 0.25) is 10.0 Å². The lowest BCUT2D eigenvalue weighted by Gasteiger charge is -2.15. The fourth-order valence-corrected chi connectivity index (χ4v) is 3.91. The van der Waals surface area contributed by atoms with E-state index in [-0.39, 0.29) is 6.10 Å². The molecule has 1 aliphatic heterocycles. The highest BCUT2D eigenvalue weighted by atomic mass is 32.2. The zero-order valence-electron chi connectivity index (χ0n) is 17.1. The smallest absolute Gasteiger partial charge is 0.229 e. The molecule has 2 aromatic carbocycles. The Hall–Kier alpha value is -3.17. The van der Waals surface area contributed by atoms with Gasteiger partial charge in [-0.1, -0.05) is 18.2 Å². The molecule has 1 saturated heterocycles. The third-order valence-corrected chi connectivity index (χ3v) is 5.32. The second-order valence-electron chi connectivity index (χ2n) is 7.31. The van der Waals surface area contributed by atoms with E-state index in [0.717, 1.165) is 37.0 Å². The van der Waals surface area contributed by atoms with Crippen molar-refractivity contribution in [2.24, 2.45) is 0 Å². The minimum absolute atomic E-state index is 0.128. The number of anilines is 3. The van der Waals surface area contributed by atoms with Gasteiger partial charge in [-0.15, -0.1) is 0 Å². The highest BCUT2D eigenvalue weighted by Gasteiger charge is 2.17. The molecule has 0 radical (unpaired) electrons. The number of para-hydroxylation sites is 1. The molecule has 1 aliphatic rings. The summed E-state index contributed by atoms with van der Waals surface area (Å²) in [6, 6.07) is 16.5. The molecule has 0 saturated carbocycles. The molecule has 8 nitrogen and oxygen atoms in total. The second kappa shape index (κ2) is 9.32. The van der Waals surface area contributed by atoms with Gasteiger partial charge in [-0.3, -0.25) is 4.72 Å². The Morgan fingerprint density at radius 1 is 1.10 bits per heavy atom. The van der Waals surface area contributed by atoms with Crippen LogP contribution in [0.25, 0.3) is 11.3 Å². The monoisotopic (exact) mass is 440 g/mol. The average molecular weight is 441 g/mol. The Kier molecular flexibility index (Phi) is 6.34. The first-order valence-corrected chi connectivity index (χ1v) is 11.9. The van der Waals surface area contributed by atoms with Gasteiger partial charge in [0.25, 0.3) is 0 Å². The van der Waals surface area contributed by atoms with Crippen LogP contribution in [0.3, 0.4) is 0 Å². The summed E-state index contributed by atoms with van der Waals surface area (Å²) in [4.78, 5) is 8.69. The molecular weight excluding hydrogens is 416 g/mol. The van der Waals surface area contributed by atoms with Crippen molar-refractivity contribution in [3.8, 4) is 17.0 Å². The second-order valence-corrected chi connectivity index (χ2v) is 9.06. The number of benzene rings is 2. The quantitative estimate of drug-likeness (QED) is 0.549. The van der Waals surface area contributed by atoms with Crippen molar-refractivity contribution in [2.45, 2.75) is 18.9 Å². The molecule has 0 amide bonds. The zero-order chi connectivity index (χ0) is 21.7. The van der Waals surface area contributed by atoms with Gasteiger partial charge < -0.3 is 14.8 Å². The standard InChI is InChI=1S/C22H24N4O4S/c1-31(27,28)26-17-7-4-6-16(12-17)25-22-13-20(23-15-24-22)19-9-2-3-10-21(19)30-14-18-8-5-11-29-18/h2-4,6-7,9-10,12-13,15,18,26H,5,8,11,14H2,1H3,(H,23,24,25). The van der Waals surface area contributed by atoms with Crippen molar-refractivity contribution in [2.75, 3.05) is 29.5 Å². The van der Waals surface area contributed by atoms with Crippen LogP contribution in [0.1, 0.15) is 12.8 Å². The van der Waals surface area contributed by atoms with Crippen LogP contribution in [-0.2, 0) is 14.8 Å². The topological polar surface area (TPSA) is 102 Å². The van der Waals surface area contributed by atoms with Crippen molar-refractivity contribution in [3.63, 3.8) is 0 Å². The normalized spacial score (nSPS) is 16.1. The minimum atomic E-state index is -3.35. The molecule has 9 heteroatoms. The van der Waals surface area contributed by atoms with E-state index in [1.165, 1.54) is 6.33 Å². The van der Waals surface area contributed by atoms with E-state index in [1.54, 1.807) is 18.2 Å². The Balaban J connectivity index is 1.52. The Bertz CT molecular complexity index is 1150. The lowest BCUT2D eigenvalue weighted by molar-refractivity contribution is 0.0681. The maximum Gasteiger partial charge on any atom is 0.229 e. The SMILES string of the molecule is CS(=O)(=O)Nc1cccc(Nc2cc(-c3ccccc3OCC3CCCO3)ncn2)c1. The lowest BCUT2D eigenvalue weighted by Crippen LogP contribution is -2.16. The first-order valence-electron chi connectivity index (χ1n) is 9.97. The van der Waals surface area contributed by atoms with Crippen LogP contribution in [0.2, 0.25) is 0 Å². The zero-order valence-corrected chi connectivity index (χ0v) is 17.9. The van der Waals surface area contributed by atoms with Crippen molar-refractivity contribution < 1.29 is 17.9 Å². The van der Waals surface area contributed by atoms with Crippen LogP contribution in [0, 0.1) is 0 Å². The molecule has 31 heavy (non-hydrogen) atoms. The predicted octanol–water partition coefficient (Wildman–Crippen LogP) is 3.82. The molecule has 3 aromatic rings. The van der Waals surface area contributed by atoms with E-state index >= 15 is 0 Å². The van der Waals surface area contributed by atoms with Gasteiger partial charge in [0.1, 0.15) is 24.5 Å². The number of aromatic nitrogens is 2. The van der Waals surface area contributed by atoms with E-state index in [4.69, 9.17) is 9.47 Å². The van der Waals surface area contributed by atoms with Gasteiger partial charge in [-0.2, -0.15) is 0 Å². The summed E-state index contributed by atoms with van der Waals surface area (Å²) in [6.45, 7) is 1.30. The first-order chi connectivity index (χ1) is 15.0. The van der Waals surface area contributed by atoms with E-state index in [9.17, 15) is 8.42 Å². The summed E-state index contributed by atoms with van der Waals surface area (Å²) < 4.78 is 37.1. The van der Waals surface area contributed by atoms with Gasteiger partial charge in [-0.25, -0.2) is 18.4 Å². The maximum absolute atomic E-state index is 11.5. The molecule has 1 atom stereocenters. The Morgan fingerprint density at radius 3 is 2.74 bits per heavy atom. The van der Waals surface area contributed by atoms with Crippen molar-refractivity contribution in [1.82, 2.24) is 9.97 Å². The van der Waals surface area contributed by atoms with Crippen molar-refractivity contribution >= 4 is 27.2 Å². The molecule has 162 valence electrons. The van der Waals surface area contributed by atoms with Gasteiger partial charge in [-0.05, 0) is 43.2 Å². The van der Waals surface area contributed by atoms with E-state index in [0.29, 0.717) is 29.5 Å². The van der Waals surface area contributed by atoms with Crippen LogP contribution >= 0.6 is 0 Å². The van der Waals surface area contributed by atoms with Gasteiger partial charge >= 0.3 is 0 Å². The van der Waals surface area contributed by atoms with Crippen LogP contribution in [0.4, 0.5) is 17.2 Å². The molecule has 1 aromatic heterocycles. The van der Waals surface area contributed by atoms with Crippen LogP contribution < -0.4 is 14.8 Å². The van der Waals surface area contributed by atoms with E-state index < -0.39 is 10.0 Å². The molecule has 0 spiro atoms. The highest BCUT2D eigenvalue weighted by molar-refractivity contribution is 7.92. The number of rotatable bonds is 8. The summed E-state index contributed by atoms with van der Waals surface area (Å²) in [7, 11) is -3.35. The molecule has 0 aliphatic carbocycles. The summed E-state index contributed by atoms with van der Waals surface area (Å²) in [5.41, 5.74) is 2.74. The molecule has 2 heterocycles. The Morgan fingerprint density at radius 2 is 1.94 bits per heavy atom. The van der Waals surface area contributed by atoms with Gasteiger partial charge in [0, 0.05) is 23.9 Å². The van der Waals surface area contributed by atoms with Gasteiger partial charge in [0.05, 0.1) is 23.7 Å². The molecule has 1 unspecified atom stereocenters. The number of hydrogen-bond donors (Lipinski definition) is 2. The minimum Gasteiger partial charge on any atom is -0.490 e. The van der Waals surface area contributed by atoms with Crippen LogP contribution in [0.5, 0.6) is 5.75 Å². The molecule has 4 rings (SSSR count). The van der Waals surface area contributed by atoms with Crippen LogP contribution in [0.15, 0.2) is 60.9 Å². The van der Waals surface area contributed by atoms with E-state index in [1.807, 2.05) is 36.4 Å². The summed E-state index contributed by atoms with van der Waals surface area (Å²) in [5, 5.41) is 3.19.